The zero-order valence-corrected chi connectivity index (χ0v) is 10.5. The van der Waals surface area contributed by atoms with E-state index < -0.39 is 0 Å². The molecule has 3 atom stereocenters. The topological polar surface area (TPSA) is 38.0 Å². The van der Waals surface area contributed by atoms with E-state index in [4.69, 9.17) is 0 Å². The summed E-state index contributed by atoms with van der Waals surface area (Å²) in [5.41, 5.74) is 2.32. The van der Waals surface area contributed by atoms with E-state index in [-0.39, 0.29) is 6.10 Å². The Morgan fingerprint density at radius 3 is 2.75 bits per heavy atom. The molecule has 0 bridgehead atoms. The summed E-state index contributed by atoms with van der Waals surface area (Å²) < 4.78 is 2.02. The number of aromatic nitrogens is 2. The average molecular weight is 222 g/mol. The summed E-state index contributed by atoms with van der Waals surface area (Å²) in [7, 11) is 0. The lowest BCUT2D eigenvalue weighted by atomic mass is 10.1. The number of rotatable bonds is 5. The Kier molecular flexibility index (Phi) is 3.33. The molecule has 1 fully saturated rings. The van der Waals surface area contributed by atoms with Crippen molar-refractivity contribution in [3.63, 3.8) is 0 Å². The normalized spacial score (nSPS) is 25.8. The van der Waals surface area contributed by atoms with Crippen LogP contribution in [0.5, 0.6) is 0 Å². The number of aliphatic hydroxyl groups is 1. The molecule has 0 saturated heterocycles. The van der Waals surface area contributed by atoms with Crippen LogP contribution in [0.1, 0.15) is 38.6 Å². The van der Waals surface area contributed by atoms with Crippen LogP contribution in [0.3, 0.4) is 0 Å². The molecule has 90 valence electrons. The third-order valence-corrected chi connectivity index (χ3v) is 3.66. The second kappa shape index (κ2) is 4.58. The fourth-order valence-corrected chi connectivity index (χ4v) is 2.38. The molecule has 1 aromatic heterocycles. The van der Waals surface area contributed by atoms with Gasteiger partial charge in [-0.2, -0.15) is 5.10 Å². The molecule has 0 aromatic carbocycles. The summed E-state index contributed by atoms with van der Waals surface area (Å²) in [4.78, 5) is 0. The SMILES string of the molecule is CCc1cc(CC(O)C2CC2C)n(CC)n1. The van der Waals surface area contributed by atoms with Gasteiger partial charge in [0.25, 0.3) is 0 Å². The molecule has 2 rings (SSSR count). The molecule has 16 heavy (non-hydrogen) atoms. The second-order valence-electron chi connectivity index (χ2n) is 4.94. The zero-order valence-electron chi connectivity index (χ0n) is 10.5. The van der Waals surface area contributed by atoms with Crippen LogP contribution in [0, 0.1) is 11.8 Å². The van der Waals surface area contributed by atoms with Gasteiger partial charge in [-0.3, -0.25) is 4.68 Å². The van der Waals surface area contributed by atoms with Gasteiger partial charge in [0, 0.05) is 18.7 Å². The first-order chi connectivity index (χ1) is 7.65. The highest BCUT2D eigenvalue weighted by Crippen LogP contribution is 2.41. The fourth-order valence-electron chi connectivity index (χ4n) is 2.38. The van der Waals surface area contributed by atoms with E-state index in [0.717, 1.165) is 25.1 Å². The molecule has 3 heteroatoms. The molecule has 1 saturated carbocycles. The van der Waals surface area contributed by atoms with E-state index in [1.54, 1.807) is 0 Å². The van der Waals surface area contributed by atoms with Crippen LogP contribution in [0.4, 0.5) is 0 Å². The minimum atomic E-state index is -0.179. The van der Waals surface area contributed by atoms with Crippen LogP contribution in [0.25, 0.3) is 0 Å². The summed E-state index contributed by atoms with van der Waals surface area (Å²) in [6.07, 6.45) is 2.73. The molecule has 0 spiro atoms. The summed E-state index contributed by atoms with van der Waals surface area (Å²) >= 11 is 0. The third kappa shape index (κ3) is 2.29. The minimum Gasteiger partial charge on any atom is -0.392 e. The van der Waals surface area contributed by atoms with Gasteiger partial charge in [0.2, 0.25) is 0 Å². The van der Waals surface area contributed by atoms with E-state index in [9.17, 15) is 5.11 Å². The Labute approximate surface area is 97.5 Å². The van der Waals surface area contributed by atoms with Crippen LogP contribution in [0.15, 0.2) is 6.07 Å². The first kappa shape index (κ1) is 11.6. The van der Waals surface area contributed by atoms with Crippen molar-refractivity contribution in [3.05, 3.63) is 17.5 Å². The van der Waals surface area contributed by atoms with Gasteiger partial charge in [0.1, 0.15) is 0 Å². The first-order valence-electron chi connectivity index (χ1n) is 6.39. The maximum Gasteiger partial charge on any atom is 0.0626 e. The van der Waals surface area contributed by atoms with Gasteiger partial charge in [0.15, 0.2) is 0 Å². The molecule has 0 radical (unpaired) electrons. The van der Waals surface area contributed by atoms with Crippen LogP contribution < -0.4 is 0 Å². The van der Waals surface area contributed by atoms with E-state index in [0.29, 0.717) is 11.8 Å². The predicted molar refractivity (Wildman–Crippen MR) is 64.3 cm³/mol. The largest absolute Gasteiger partial charge is 0.392 e. The van der Waals surface area contributed by atoms with Crippen molar-refractivity contribution >= 4 is 0 Å². The van der Waals surface area contributed by atoms with Crippen molar-refractivity contribution in [2.75, 3.05) is 0 Å². The number of nitrogens with zero attached hydrogens (tertiary/aromatic N) is 2. The first-order valence-corrected chi connectivity index (χ1v) is 6.39. The predicted octanol–water partition coefficient (Wildman–Crippen LogP) is 2.02. The zero-order chi connectivity index (χ0) is 11.7. The van der Waals surface area contributed by atoms with E-state index >= 15 is 0 Å². The summed E-state index contributed by atoms with van der Waals surface area (Å²) in [6.45, 7) is 7.32. The Morgan fingerprint density at radius 1 is 1.56 bits per heavy atom. The number of aliphatic hydroxyl groups excluding tert-OH is 1. The molecule has 1 heterocycles. The van der Waals surface area contributed by atoms with Crippen molar-refractivity contribution in [1.29, 1.82) is 0 Å². The molecule has 1 aliphatic rings. The van der Waals surface area contributed by atoms with Gasteiger partial charge in [-0.1, -0.05) is 13.8 Å². The number of aryl methyl sites for hydroxylation is 2. The standard InChI is InChI=1S/C13H22N2O/c1-4-10-7-11(15(5-2)14-10)8-13(16)12-6-9(12)3/h7,9,12-13,16H,4-6,8H2,1-3H3. The number of hydrogen-bond acceptors (Lipinski definition) is 2. The van der Waals surface area contributed by atoms with Gasteiger partial charge >= 0.3 is 0 Å². The molecule has 3 nitrogen and oxygen atoms in total. The van der Waals surface area contributed by atoms with Crippen molar-refractivity contribution in [2.45, 2.75) is 52.7 Å². The third-order valence-electron chi connectivity index (χ3n) is 3.66. The van der Waals surface area contributed by atoms with Crippen molar-refractivity contribution in [1.82, 2.24) is 9.78 Å². The average Bonchev–Trinajstić information content (AvgIpc) is 2.88. The summed E-state index contributed by atoms with van der Waals surface area (Å²) in [5, 5.41) is 14.6. The van der Waals surface area contributed by atoms with E-state index in [1.807, 2.05) is 4.68 Å². The van der Waals surface area contributed by atoms with Gasteiger partial charge < -0.3 is 5.11 Å². The highest BCUT2D eigenvalue weighted by molar-refractivity contribution is 5.12. The van der Waals surface area contributed by atoms with Crippen molar-refractivity contribution in [2.24, 2.45) is 11.8 Å². The second-order valence-corrected chi connectivity index (χ2v) is 4.94. The Bertz CT molecular complexity index is 359. The molecule has 0 aliphatic heterocycles. The molecule has 0 amide bonds. The fraction of sp³-hybridized carbons (Fsp3) is 0.769. The molecule has 3 unspecified atom stereocenters. The highest BCUT2D eigenvalue weighted by atomic mass is 16.3. The lowest BCUT2D eigenvalue weighted by Crippen LogP contribution is -2.17. The van der Waals surface area contributed by atoms with Crippen molar-refractivity contribution in [3.8, 4) is 0 Å². The Morgan fingerprint density at radius 2 is 2.25 bits per heavy atom. The molecular weight excluding hydrogens is 200 g/mol. The molecule has 1 aliphatic carbocycles. The maximum atomic E-state index is 10.1. The van der Waals surface area contributed by atoms with Gasteiger partial charge in [-0.25, -0.2) is 0 Å². The van der Waals surface area contributed by atoms with Gasteiger partial charge in [0.05, 0.1) is 11.8 Å². The minimum absolute atomic E-state index is 0.179. The maximum absolute atomic E-state index is 10.1. The summed E-state index contributed by atoms with van der Waals surface area (Å²) in [6, 6.07) is 2.14. The van der Waals surface area contributed by atoms with Crippen LogP contribution in [-0.2, 0) is 19.4 Å². The quantitative estimate of drug-likeness (QED) is 0.827. The van der Waals surface area contributed by atoms with E-state index in [2.05, 4.69) is 31.9 Å². The van der Waals surface area contributed by atoms with Gasteiger partial charge in [-0.05, 0) is 37.7 Å². The van der Waals surface area contributed by atoms with Crippen LogP contribution in [0.2, 0.25) is 0 Å². The van der Waals surface area contributed by atoms with E-state index in [1.165, 1.54) is 12.1 Å². The lowest BCUT2D eigenvalue weighted by Gasteiger charge is -2.10. The van der Waals surface area contributed by atoms with Crippen LogP contribution in [-0.4, -0.2) is 21.0 Å². The molecule has 1 N–H and O–H groups in total. The molecular formula is C13H22N2O. The number of hydrogen-bond donors (Lipinski definition) is 1. The Hall–Kier alpha value is -0.830. The molecule has 1 aromatic rings. The van der Waals surface area contributed by atoms with Gasteiger partial charge in [-0.15, -0.1) is 0 Å². The lowest BCUT2D eigenvalue weighted by molar-refractivity contribution is 0.143. The van der Waals surface area contributed by atoms with Crippen LogP contribution >= 0.6 is 0 Å². The monoisotopic (exact) mass is 222 g/mol. The highest BCUT2D eigenvalue weighted by Gasteiger charge is 2.38. The summed E-state index contributed by atoms with van der Waals surface area (Å²) in [5.74, 6) is 1.23. The Balaban J connectivity index is 2.04. The van der Waals surface area contributed by atoms with Crippen molar-refractivity contribution < 1.29 is 5.11 Å². The smallest absolute Gasteiger partial charge is 0.0626 e.